The molecule has 0 unspecified atom stereocenters. The van der Waals surface area contributed by atoms with Crippen LogP contribution in [0.1, 0.15) is 18.1 Å². The summed E-state index contributed by atoms with van der Waals surface area (Å²) in [6.07, 6.45) is 2.03. The van der Waals surface area contributed by atoms with E-state index in [0.29, 0.717) is 10.0 Å². The van der Waals surface area contributed by atoms with Crippen molar-refractivity contribution in [3.63, 3.8) is 0 Å². The topological polar surface area (TPSA) is 24.4 Å². The summed E-state index contributed by atoms with van der Waals surface area (Å²) in [6.45, 7) is 2.02. The number of fused-ring (bicyclic) bond motifs is 1. The highest BCUT2D eigenvalue weighted by atomic mass is 35.5. The molecule has 0 radical (unpaired) electrons. The molecule has 1 aliphatic heterocycles. The highest BCUT2D eigenvalue weighted by Crippen LogP contribution is 2.35. The van der Waals surface area contributed by atoms with Gasteiger partial charge in [-0.25, -0.2) is 0 Å². The zero-order valence-corrected chi connectivity index (χ0v) is 12.3. The lowest BCUT2D eigenvalue weighted by molar-refractivity contribution is 1.33. The van der Waals surface area contributed by atoms with Crippen LogP contribution in [0.5, 0.6) is 0 Å². The van der Waals surface area contributed by atoms with Crippen molar-refractivity contribution in [1.82, 2.24) is 0 Å². The number of anilines is 1. The van der Waals surface area contributed by atoms with Crippen LogP contribution in [-0.4, -0.2) is 5.71 Å². The largest absolute Gasteiger partial charge is 0.276 e. The zero-order chi connectivity index (χ0) is 14.1. The van der Waals surface area contributed by atoms with Crippen LogP contribution >= 0.6 is 23.2 Å². The molecule has 1 heterocycles. The van der Waals surface area contributed by atoms with Gasteiger partial charge in [0.05, 0.1) is 16.4 Å². The lowest BCUT2D eigenvalue weighted by atomic mass is 10.0. The van der Waals surface area contributed by atoms with Crippen molar-refractivity contribution in [3.8, 4) is 0 Å². The van der Waals surface area contributed by atoms with Crippen molar-refractivity contribution in [2.24, 2.45) is 5.10 Å². The molecule has 0 saturated heterocycles. The molecular weight excluding hydrogens is 291 g/mol. The fourth-order valence-electron chi connectivity index (χ4n) is 2.19. The van der Waals surface area contributed by atoms with E-state index in [4.69, 9.17) is 23.2 Å². The van der Waals surface area contributed by atoms with Gasteiger partial charge in [0.15, 0.2) is 0 Å². The Morgan fingerprint density at radius 1 is 1.05 bits per heavy atom. The maximum absolute atomic E-state index is 6.24. The summed E-state index contributed by atoms with van der Waals surface area (Å²) >= 11 is 12.3. The molecule has 2 aromatic carbocycles. The van der Waals surface area contributed by atoms with Gasteiger partial charge in [-0.3, -0.25) is 5.43 Å². The molecule has 0 aliphatic carbocycles. The number of nitrogens with one attached hydrogen (secondary N) is 1. The quantitative estimate of drug-likeness (QED) is 0.766. The number of nitrogens with zero attached hydrogens (tertiary/aromatic N) is 1. The first kappa shape index (κ1) is 13.2. The number of hydrazone groups is 1. The van der Waals surface area contributed by atoms with Gasteiger partial charge in [0.2, 0.25) is 0 Å². The number of halogens is 2. The van der Waals surface area contributed by atoms with Gasteiger partial charge in [0.25, 0.3) is 0 Å². The number of hydrogen-bond acceptors (Lipinski definition) is 2. The van der Waals surface area contributed by atoms with Gasteiger partial charge in [0.1, 0.15) is 0 Å². The molecule has 0 fully saturated rings. The van der Waals surface area contributed by atoms with Crippen molar-refractivity contribution in [2.75, 3.05) is 5.43 Å². The van der Waals surface area contributed by atoms with Crippen LogP contribution in [0.3, 0.4) is 0 Å². The zero-order valence-electron chi connectivity index (χ0n) is 10.8. The van der Waals surface area contributed by atoms with Gasteiger partial charge in [-0.05, 0) is 30.7 Å². The minimum atomic E-state index is 0.568. The van der Waals surface area contributed by atoms with Crippen molar-refractivity contribution in [1.29, 1.82) is 0 Å². The number of hydrogen-bond donors (Lipinski definition) is 1. The average Bonchev–Trinajstić information content (AvgIpc) is 2.60. The maximum atomic E-state index is 6.24. The monoisotopic (exact) mass is 302 g/mol. The van der Waals surface area contributed by atoms with Crippen LogP contribution < -0.4 is 5.43 Å². The first-order valence-corrected chi connectivity index (χ1v) is 6.97. The second-order valence-corrected chi connectivity index (χ2v) is 5.46. The van der Waals surface area contributed by atoms with Crippen molar-refractivity contribution in [2.45, 2.75) is 6.92 Å². The average molecular weight is 303 g/mol. The van der Waals surface area contributed by atoms with Crippen LogP contribution in [0.15, 0.2) is 53.6 Å². The summed E-state index contributed by atoms with van der Waals surface area (Å²) in [5, 5.41) is 5.62. The van der Waals surface area contributed by atoms with Crippen LogP contribution in [-0.2, 0) is 0 Å². The molecule has 1 aliphatic rings. The summed E-state index contributed by atoms with van der Waals surface area (Å²) < 4.78 is 0. The second kappa shape index (κ2) is 5.31. The Bertz CT molecular complexity index is 719. The summed E-state index contributed by atoms with van der Waals surface area (Å²) in [5.41, 5.74) is 7.79. The number of allylic oxidation sites excluding steroid dienone is 2. The molecule has 0 spiro atoms. The Labute approximate surface area is 127 Å². The van der Waals surface area contributed by atoms with E-state index in [-0.39, 0.29) is 0 Å². The smallest absolute Gasteiger partial charge is 0.0908 e. The maximum Gasteiger partial charge on any atom is 0.0908 e. The first-order valence-electron chi connectivity index (χ1n) is 6.22. The molecule has 2 aromatic rings. The van der Waals surface area contributed by atoms with E-state index in [2.05, 4.69) is 10.5 Å². The molecule has 0 atom stereocenters. The Morgan fingerprint density at radius 2 is 1.80 bits per heavy atom. The molecule has 100 valence electrons. The number of benzene rings is 2. The molecule has 20 heavy (non-hydrogen) atoms. The molecule has 0 amide bonds. The Kier molecular flexibility index (Phi) is 3.51. The van der Waals surface area contributed by atoms with E-state index in [1.54, 1.807) is 6.07 Å². The van der Waals surface area contributed by atoms with E-state index in [1.165, 1.54) is 0 Å². The summed E-state index contributed by atoms with van der Waals surface area (Å²) in [6, 6.07) is 13.6. The van der Waals surface area contributed by atoms with E-state index in [1.807, 2.05) is 49.4 Å². The second-order valence-electron chi connectivity index (χ2n) is 4.61. The molecule has 2 nitrogen and oxygen atoms in total. The molecule has 0 bridgehead atoms. The molecule has 4 heteroatoms. The fraction of sp³-hybridized carbons (Fsp3) is 0.0625. The normalized spacial score (nSPS) is 13.8. The predicted molar refractivity (Wildman–Crippen MR) is 86.7 cm³/mol. The van der Waals surface area contributed by atoms with Crippen LogP contribution in [0.2, 0.25) is 10.0 Å². The van der Waals surface area contributed by atoms with Gasteiger partial charge in [-0.1, -0.05) is 53.5 Å². The van der Waals surface area contributed by atoms with Gasteiger partial charge in [-0.15, -0.1) is 0 Å². The Morgan fingerprint density at radius 3 is 2.55 bits per heavy atom. The third-order valence-corrected chi connectivity index (χ3v) is 3.71. The van der Waals surface area contributed by atoms with Crippen LogP contribution in [0.25, 0.3) is 5.57 Å². The highest BCUT2D eigenvalue weighted by Gasteiger charge is 2.14. The van der Waals surface area contributed by atoms with Crippen molar-refractivity contribution >= 4 is 40.2 Å². The van der Waals surface area contributed by atoms with E-state index in [9.17, 15) is 0 Å². The molecule has 1 N–H and O–H groups in total. The van der Waals surface area contributed by atoms with E-state index >= 15 is 0 Å². The first-order chi connectivity index (χ1) is 9.65. The summed E-state index contributed by atoms with van der Waals surface area (Å²) in [7, 11) is 0. The van der Waals surface area contributed by atoms with Gasteiger partial charge >= 0.3 is 0 Å². The Hall–Kier alpha value is -1.77. The lowest BCUT2D eigenvalue weighted by Gasteiger charge is -2.09. The molecule has 0 saturated carbocycles. The minimum Gasteiger partial charge on any atom is -0.276 e. The standard InChI is InChI=1S/C16H12Cl2N2/c1-10-7-15(11-5-3-2-4-6-11)19-20-16-13(10)8-12(17)9-14(16)18/h2-9,20H,1H3. The molecule has 3 rings (SSSR count). The minimum absolute atomic E-state index is 0.568. The number of rotatable bonds is 1. The summed E-state index contributed by atoms with van der Waals surface area (Å²) in [5.74, 6) is 0. The van der Waals surface area contributed by atoms with Crippen molar-refractivity contribution < 1.29 is 0 Å². The Balaban J connectivity index is 2.12. The SMILES string of the molecule is CC1=CC(c2ccccc2)=NNc2c(Cl)cc(Cl)cc21. The van der Waals surface area contributed by atoms with Crippen LogP contribution in [0, 0.1) is 0 Å². The van der Waals surface area contributed by atoms with Crippen LogP contribution in [0.4, 0.5) is 5.69 Å². The molecule has 0 aromatic heterocycles. The third kappa shape index (κ3) is 2.45. The van der Waals surface area contributed by atoms with Crippen molar-refractivity contribution in [3.05, 3.63) is 69.7 Å². The van der Waals surface area contributed by atoms with Gasteiger partial charge in [0, 0.05) is 16.1 Å². The van der Waals surface area contributed by atoms with E-state index in [0.717, 1.165) is 28.1 Å². The summed E-state index contributed by atoms with van der Waals surface area (Å²) in [4.78, 5) is 0. The lowest BCUT2D eigenvalue weighted by Crippen LogP contribution is -1.99. The third-order valence-electron chi connectivity index (χ3n) is 3.19. The van der Waals surface area contributed by atoms with Gasteiger partial charge in [-0.2, -0.15) is 5.10 Å². The van der Waals surface area contributed by atoms with E-state index < -0.39 is 0 Å². The highest BCUT2D eigenvalue weighted by molar-refractivity contribution is 6.37. The predicted octanol–water partition coefficient (Wildman–Crippen LogP) is 5.23. The fourth-order valence-corrected chi connectivity index (χ4v) is 2.72. The molecular formula is C16H12Cl2N2. The van der Waals surface area contributed by atoms with Gasteiger partial charge < -0.3 is 0 Å².